The SMILES string of the molecule is CCC(C)(C)CC(Cl)CCl. The molecular weight excluding hydrogens is 167 g/mol. The molecule has 2 heteroatoms. The number of hydrogen-bond acceptors (Lipinski definition) is 0. The Bertz CT molecular complexity index is 89.3. The van der Waals surface area contributed by atoms with Crippen LogP contribution in [0.5, 0.6) is 0 Å². The summed E-state index contributed by atoms with van der Waals surface area (Å²) in [4.78, 5) is 0. The second-order valence-electron chi connectivity index (χ2n) is 3.47. The van der Waals surface area contributed by atoms with E-state index in [9.17, 15) is 0 Å². The van der Waals surface area contributed by atoms with Gasteiger partial charge in [-0.15, -0.1) is 23.2 Å². The van der Waals surface area contributed by atoms with Crippen LogP contribution < -0.4 is 0 Å². The number of rotatable bonds is 4. The van der Waals surface area contributed by atoms with Crippen LogP contribution in [-0.2, 0) is 0 Å². The highest BCUT2D eigenvalue weighted by Gasteiger charge is 2.19. The van der Waals surface area contributed by atoms with Crippen LogP contribution in [0.4, 0.5) is 0 Å². The van der Waals surface area contributed by atoms with Crippen LogP contribution in [0.15, 0.2) is 0 Å². The first kappa shape index (κ1) is 10.6. The molecule has 0 aliphatic rings. The van der Waals surface area contributed by atoms with Gasteiger partial charge in [0.25, 0.3) is 0 Å². The van der Waals surface area contributed by atoms with Gasteiger partial charge in [-0.3, -0.25) is 0 Å². The topological polar surface area (TPSA) is 0 Å². The van der Waals surface area contributed by atoms with Crippen molar-refractivity contribution in [3.63, 3.8) is 0 Å². The highest BCUT2D eigenvalue weighted by atomic mass is 35.5. The van der Waals surface area contributed by atoms with Crippen LogP contribution in [0.25, 0.3) is 0 Å². The maximum absolute atomic E-state index is 5.90. The summed E-state index contributed by atoms with van der Waals surface area (Å²) >= 11 is 11.5. The fraction of sp³-hybridized carbons (Fsp3) is 1.00. The summed E-state index contributed by atoms with van der Waals surface area (Å²) in [6.07, 6.45) is 2.17. The molecule has 10 heavy (non-hydrogen) atoms. The van der Waals surface area contributed by atoms with Crippen LogP contribution >= 0.6 is 23.2 Å². The standard InChI is InChI=1S/C8H16Cl2/c1-4-8(2,3)5-7(10)6-9/h7H,4-6H2,1-3H3. The molecule has 0 nitrogen and oxygen atoms in total. The summed E-state index contributed by atoms with van der Waals surface area (Å²) in [6, 6.07) is 0. The lowest BCUT2D eigenvalue weighted by molar-refractivity contribution is 0.322. The van der Waals surface area contributed by atoms with Gasteiger partial charge in [-0.1, -0.05) is 27.2 Å². The van der Waals surface area contributed by atoms with Gasteiger partial charge < -0.3 is 0 Å². The summed E-state index contributed by atoms with van der Waals surface area (Å²) in [5, 5.41) is 0.136. The van der Waals surface area contributed by atoms with Crippen molar-refractivity contribution in [3.05, 3.63) is 0 Å². The van der Waals surface area contributed by atoms with Crippen molar-refractivity contribution < 1.29 is 0 Å². The predicted octanol–water partition coefficient (Wildman–Crippen LogP) is 3.66. The summed E-state index contributed by atoms with van der Waals surface area (Å²) in [7, 11) is 0. The minimum absolute atomic E-state index is 0.136. The van der Waals surface area contributed by atoms with Gasteiger partial charge in [0.15, 0.2) is 0 Å². The Balaban J connectivity index is 3.64. The maximum Gasteiger partial charge on any atom is 0.0476 e. The van der Waals surface area contributed by atoms with E-state index in [1.807, 2.05) is 0 Å². The lowest BCUT2D eigenvalue weighted by Crippen LogP contribution is -2.17. The number of alkyl halides is 2. The molecule has 0 bridgehead atoms. The molecule has 0 saturated carbocycles. The van der Waals surface area contributed by atoms with E-state index in [0.29, 0.717) is 11.3 Å². The third-order valence-electron chi connectivity index (χ3n) is 1.90. The van der Waals surface area contributed by atoms with E-state index in [-0.39, 0.29) is 5.38 Å². The number of hydrogen-bond donors (Lipinski definition) is 0. The van der Waals surface area contributed by atoms with Gasteiger partial charge >= 0.3 is 0 Å². The van der Waals surface area contributed by atoms with Crippen molar-refractivity contribution in [2.75, 3.05) is 5.88 Å². The monoisotopic (exact) mass is 182 g/mol. The average molecular weight is 183 g/mol. The fourth-order valence-corrected chi connectivity index (χ4v) is 1.33. The van der Waals surface area contributed by atoms with Gasteiger partial charge in [0.2, 0.25) is 0 Å². The highest BCUT2D eigenvalue weighted by Crippen LogP contribution is 2.28. The van der Waals surface area contributed by atoms with E-state index < -0.39 is 0 Å². The molecule has 0 saturated heterocycles. The second-order valence-corrected chi connectivity index (χ2v) is 4.40. The molecule has 0 aliphatic heterocycles. The van der Waals surface area contributed by atoms with Crippen molar-refractivity contribution in [2.24, 2.45) is 5.41 Å². The van der Waals surface area contributed by atoms with Crippen molar-refractivity contribution in [2.45, 2.75) is 39.0 Å². The summed E-state index contributed by atoms with van der Waals surface area (Å²) in [5.74, 6) is 0.561. The van der Waals surface area contributed by atoms with E-state index in [0.717, 1.165) is 12.8 Å². The second kappa shape index (κ2) is 4.46. The van der Waals surface area contributed by atoms with E-state index in [2.05, 4.69) is 20.8 Å². The lowest BCUT2D eigenvalue weighted by atomic mass is 9.85. The molecule has 62 valence electrons. The third-order valence-corrected chi connectivity index (χ3v) is 2.74. The van der Waals surface area contributed by atoms with E-state index in [1.54, 1.807) is 0 Å². The lowest BCUT2D eigenvalue weighted by Gasteiger charge is -2.24. The third kappa shape index (κ3) is 4.40. The Kier molecular flexibility index (Phi) is 4.71. The summed E-state index contributed by atoms with van der Waals surface area (Å²) in [6.45, 7) is 6.61. The Morgan fingerprint density at radius 3 is 2.20 bits per heavy atom. The van der Waals surface area contributed by atoms with Gasteiger partial charge in [0.05, 0.1) is 0 Å². The predicted molar refractivity (Wildman–Crippen MR) is 49.1 cm³/mol. The van der Waals surface area contributed by atoms with Crippen molar-refractivity contribution in [1.29, 1.82) is 0 Å². The molecule has 0 aromatic carbocycles. The van der Waals surface area contributed by atoms with E-state index in [1.165, 1.54) is 0 Å². The molecule has 0 fully saturated rings. The number of halogens is 2. The van der Waals surface area contributed by atoms with E-state index >= 15 is 0 Å². The van der Waals surface area contributed by atoms with Crippen molar-refractivity contribution in [1.82, 2.24) is 0 Å². The summed E-state index contributed by atoms with van der Waals surface area (Å²) < 4.78 is 0. The van der Waals surface area contributed by atoms with Gasteiger partial charge in [0.1, 0.15) is 0 Å². The molecule has 0 amide bonds. The highest BCUT2D eigenvalue weighted by molar-refractivity contribution is 6.28. The molecule has 0 radical (unpaired) electrons. The molecule has 0 aromatic rings. The molecular formula is C8H16Cl2. The van der Waals surface area contributed by atoms with Gasteiger partial charge in [-0.2, -0.15) is 0 Å². The first-order valence-corrected chi connectivity index (χ1v) is 4.69. The molecule has 0 aliphatic carbocycles. The van der Waals surface area contributed by atoms with Crippen LogP contribution in [0.2, 0.25) is 0 Å². The average Bonchev–Trinajstić information content (AvgIpc) is 1.87. The van der Waals surface area contributed by atoms with Crippen molar-refractivity contribution in [3.8, 4) is 0 Å². The first-order chi connectivity index (χ1) is 4.52. The zero-order valence-electron chi connectivity index (χ0n) is 6.95. The van der Waals surface area contributed by atoms with E-state index in [4.69, 9.17) is 23.2 Å². The fourth-order valence-electron chi connectivity index (χ4n) is 0.798. The minimum Gasteiger partial charge on any atom is -0.125 e. The normalized spacial score (nSPS) is 15.3. The summed E-state index contributed by atoms with van der Waals surface area (Å²) in [5.41, 5.74) is 0.349. The minimum atomic E-state index is 0.136. The Morgan fingerprint density at radius 2 is 1.90 bits per heavy atom. The maximum atomic E-state index is 5.90. The van der Waals surface area contributed by atoms with Crippen LogP contribution in [0, 0.1) is 5.41 Å². The molecule has 0 rings (SSSR count). The largest absolute Gasteiger partial charge is 0.125 e. The van der Waals surface area contributed by atoms with Gasteiger partial charge in [-0.05, 0) is 11.8 Å². The zero-order valence-corrected chi connectivity index (χ0v) is 8.47. The molecule has 0 N–H and O–H groups in total. The van der Waals surface area contributed by atoms with Gasteiger partial charge in [-0.25, -0.2) is 0 Å². The van der Waals surface area contributed by atoms with Crippen molar-refractivity contribution >= 4 is 23.2 Å². The quantitative estimate of drug-likeness (QED) is 0.583. The van der Waals surface area contributed by atoms with Crippen LogP contribution in [-0.4, -0.2) is 11.3 Å². The molecule has 0 aromatic heterocycles. The molecule has 1 unspecified atom stereocenters. The van der Waals surface area contributed by atoms with Crippen LogP contribution in [0.3, 0.4) is 0 Å². The van der Waals surface area contributed by atoms with Gasteiger partial charge in [0, 0.05) is 11.3 Å². The Morgan fingerprint density at radius 1 is 1.40 bits per heavy atom. The molecule has 0 spiro atoms. The molecule has 1 atom stereocenters. The first-order valence-electron chi connectivity index (χ1n) is 3.72. The Hall–Kier alpha value is 0.580. The Labute approximate surface area is 73.9 Å². The zero-order chi connectivity index (χ0) is 8.20. The molecule has 0 heterocycles. The smallest absolute Gasteiger partial charge is 0.0476 e. The van der Waals surface area contributed by atoms with Crippen LogP contribution in [0.1, 0.15) is 33.6 Å².